The van der Waals surface area contributed by atoms with E-state index in [1.807, 2.05) is 0 Å². The van der Waals surface area contributed by atoms with Gasteiger partial charge in [0, 0.05) is 6.61 Å². The Kier molecular flexibility index (Phi) is 9.20. The molecule has 0 bridgehead atoms. The number of allylic oxidation sites excluding steroid dienone is 2. The molecule has 2 aromatic carbocycles. The molecule has 0 aliphatic carbocycles. The van der Waals surface area contributed by atoms with Gasteiger partial charge in [-0.15, -0.1) is 0 Å². The van der Waals surface area contributed by atoms with E-state index in [1.54, 1.807) is 0 Å². The molecular formula is C26H38OSi. The van der Waals surface area contributed by atoms with E-state index in [0.29, 0.717) is 0 Å². The summed E-state index contributed by atoms with van der Waals surface area (Å²) in [6.07, 6.45) is 11.9. The average molecular weight is 395 g/mol. The molecule has 0 aliphatic rings. The highest BCUT2D eigenvalue weighted by Crippen LogP contribution is 2.36. The molecule has 28 heavy (non-hydrogen) atoms. The maximum atomic E-state index is 6.93. The molecule has 0 spiro atoms. The second-order valence-corrected chi connectivity index (χ2v) is 12.9. The van der Waals surface area contributed by atoms with E-state index in [0.717, 1.165) is 19.4 Å². The maximum absolute atomic E-state index is 6.93. The molecule has 1 nitrogen and oxygen atoms in total. The summed E-state index contributed by atoms with van der Waals surface area (Å²) in [6.45, 7) is 10.1. The van der Waals surface area contributed by atoms with Crippen molar-refractivity contribution >= 4 is 18.7 Å². The first-order chi connectivity index (χ1) is 13.5. The summed E-state index contributed by atoms with van der Waals surface area (Å²) in [5, 5.41) is 2.80. The van der Waals surface area contributed by atoms with Gasteiger partial charge >= 0.3 is 0 Å². The summed E-state index contributed by atoms with van der Waals surface area (Å²) in [4.78, 5) is 0. The molecular weight excluding hydrogens is 356 g/mol. The van der Waals surface area contributed by atoms with Crippen LogP contribution in [0.5, 0.6) is 0 Å². The lowest BCUT2D eigenvalue weighted by atomic mass is 10.2. The van der Waals surface area contributed by atoms with Gasteiger partial charge in [0.25, 0.3) is 8.32 Å². The first kappa shape index (κ1) is 22.6. The fourth-order valence-electron chi connectivity index (χ4n) is 3.91. The quantitative estimate of drug-likeness (QED) is 0.241. The monoisotopic (exact) mass is 394 g/mol. The zero-order valence-corrected chi connectivity index (χ0v) is 19.3. The van der Waals surface area contributed by atoms with Crippen molar-refractivity contribution in [1.29, 1.82) is 0 Å². The first-order valence-electron chi connectivity index (χ1n) is 10.9. The topological polar surface area (TPSA) is 9.23 Å². The van der Waals surface area contributed by atoms with E-state index in [4.69, 9.17) is 4.43 Å². The number of unbranched alkanes of at least 4 members (excludes halogenated alkanes) is 4. The molecule has 0 saturated carbocycles. The molecule has 152 valence electrons. The molecule has 2 heteroatoms. The number of hydrogen-bond acceptors (Lipinski definition) is 1. The van der Waals surface area contributed by atoms with Gasteiger partial charge in [-0.1, -0.05) is 113 Å². The minimum atomic E-state index is -2.35. The third-order valence-corrected chi connectivity index (χ3v) is 10.4. The van der Waals surface area contributed by atoms with Crippen molar-refractivity contribution in [2.45, 2.75) is 71.3 Å². The minimum Gasteiger partial charge on any atom is -0.407 e. The largest absolute Gasteiger partial charge is 0.407 e. The Hall–Kier alpha value is -1.64. The van der Waals surface area contributed by atoms with Gasteiger partial charge in [0.05, 0.1) is 0 Å². The van der Waals surface area contributed by atoms with Gasteiger partial charge in [-0.25, -0.2) is 0 Å². The lowest BCUT2D eigenvalue weighted by Gasteiger charge is -2.43. The van der Waals surface area contributed by atoms with Gasteiger partial charge in [-0.05, 0) is 41.1 Å². The van der Waals surface area contributed by atoms with Gasteiger partial charge in [0.1, 0.15) is 0 Å². The highest BCUT2D eigenvalue weighted by atomic mass is 28.4. The zero-order valence-electron chi connectivity index (χ0n) is 18.3. The highest BCUT2D eigenvalue weighted by molar-refractivity contribution is 6.99. The van der Waals surface area contributed by atoms with E-state index in [1.165, 1.54) is 36.1 Å². The van der Waals surface area contributed by atoms with Crippen LogP contribution in [0.1, 0.15) is 66.2 Å². The van der Waals surface area contributed by atoms with Crippen molar-refractivity contribution in [1.82, 2.24) is 0 Å². The molecule has 0 amide bonds. The fourth-order valence-corrected chi connectivity index (χ4v) is 8.51. The summed E-state index contributed by atoms with van der Waals surface area (Å²) in [7, 11) is -2.35. The van der Waals surface area contributed by atoms with Gasteiger partial charge in [0.15, 0.2) is 0 Å². The second-order valence-electron chi connectivity index (χ2n) is 8.62. The molecule has 0 N–H and O–H groups in total. The predicted octanol–water partition coefficient (Wildman–Crippen LogP) is 6.48. The van der Waals surface area contributed by atoms with Crippen molar-refractivity contribution in [2.75, 3.05) is 6.61 Å². The van der Waals surface area contributed by atoms with Crippen LogP contribution in [0.3, 0.4) is 0 Å². The Morgan fingerprint density at radius 2 is 1.25 bits per heavy atom. The van der Waals surface area contributed by atoms with Crippen molar-refractivity contribution in [3.8, 4) is 0 Å². The van der Waals surface area contributed by atoms with Crippen molar-refractivity contribution in [3.05, 3.63) is 72.8 Å². The van der Waals surface area contributed by atoms with E-state index in [9.17, 15) is 0 Å². The normalized spacial score (nSPS) is 12.6. The van der Waals surface area contributed by atoms with Crippen LogP contribution in [0.4, 0.5) is 0 Å². The van der Waals surface area contributed by atoms with Gasteiger partial charge < -0.3 is 4.43 Å². The van der Waals surface area contributed by atoms with E-state index >= 15 is 0 Å². The summed E-state index contributed by atoms with van der Waals surface area (Å²) in [5.41, 5.74) is 0. The average Bonchev–Trinajstić information content (AvgIpc) is 2.70. The van der Waals surface area contributed by atoms with Crippen molar-refractivity contribution < 1.29 is 4.43 Å². The summed E-state index contributed by atoms with van der Waals surface area (Å²) in [6, 6.07) is 21.9. The van der Waals surface area contributed by atoms with Crippen LogP contribution in [0.25, 0.3) is 0 Å². The SMILES string of the molecule is CCCC/C=C/CCCCO[Si](c1ccccc1)(c1ccccc1)C(C)(C)C. The third-order valence-electron chi connectivity index (χ3n) is 5.39. The van der Waals surface area contributed by atoms with Gasteiger partial charge in [-0.2, -0.15) is 0 Å². The Morgan fingerprint density at radius 1 is 0.750 bits per heavy atom. The smallest absolute Gasteiger partial charge is 0.261 e. The van der Waals surface area contributed by atoms with Crippen LogP contribution in [-0.2, 0) is 4.43 Å². The summed E-state index contributed by atoms with van der Waals surface area (Å²) < 4.78 is 6.93. The molecule has 2 aromatic rings. The van der Waals surface area contributed by atoms with Crippen molar-refractivity contribution in [3.63, 3.8) is 0 Å². The molecule has 0 aliphatic heterocycles. The summed E-state index contributed by atoms with van der Waals surface area (Å²) in [5.74, 6) is 0. The van der Waals surface area contributed by atoms with E-state index < -0.39 is 8.32 Å². The van der Waals surface area contributed by atoms with Crippen LogP contribution in [-0.4, -0.2) is 14.9 Å². The van der Waals surface area contributed by atoms with Crippen LogP contribution in [0, 0.1) is 0 Å². The predicted molar refractivity (Wildman–Crippen MR) is 126 cm³/mol. The van der Waals surface area contributed by atoms with E-state index in [-0.39, 0.29) is 5.04 Å². The third kappa shape index (κ3) is 5.92. The number of hydrogen-bond donors (Lipinski definition) is 0. The molecule has 0 radical (unpaired) electrons. The van der Waals surface area contributed by atoms with Crippen LogP contribution < -0.4 is 10.4 Å². The standard InChI is InChI=1S/C26H38OSi/c1-5-6-7-8-9-10-11-18-23-27-28(26(2,3)4,24-19-14-12-15-20-24)25-21-16-13-17-22-25/h8-9,12-17,19-22H,5-7,10-11,18,23H2,1-4H3/b9-8+. The van der Waals surface area contributed by atoms with Crippen molar-refractivity contribution in [2.24, 2.45) is 0 Å². The summed E-state index contributed by atoms with van der Waals surface area (Å²) >= 11 is 0. The minimum absolute atomic E-state index is 0.0652. The van der Waals surface area contributed by atoms with E-state index in [2.05, 4.69) is 101 Å². The lowest BCUT2D eigenvalue weighted by molar-refractivity contribution is 0.289. The molecule has 0 atom stereocenters. The van der Waals surface area contributed by atoms with Gasteiger partial charge in [0.2, 0.25) is 0 Å². The molecule has 2 rings (SSSR count). The highest BCUT2D eigenvalue weighted by Gasteiger charge is 2.49. The second kappa shape index (κ2) is 11.4. The Morgan fingerprint density at radius 3 is 1.71 bits per heavy atom. The number of benzene rings is 2. The molecule has 0 aromatic heterocycles. The molecule has 0 saturated heterocycles. The Bertz CT molecular complexity index is 646. The van der Waals surface area contributed by atoms with Crippen LogP contribution in [0.2, 0.25) is 5.04 Å². The fraction of sp³-hybridized carbons (Fsp3) is 0.462. The molecule has 0 fully saturated rings. The van der Waals surface area contributed by atoms with Crippen LogP contribution >= 0.6 is 0 Å². The lowest BCUT2D eigenvalue weighted by Crippen LogP contribution is -2.66. The maximum Gasteiger partial charge on any atom is 0.261 e. The Balaban J connectivity index is 2.13. The number of rotatable bonds is 11. The molecule has 0 heterocycles. The van der Waals surface area contributed by atoms with Crippen LogP contribution in [0.15, 0.2) is 72.8 Å². The Labute approximate surface area is 174 Å². The molecule has 0 unspecified atom stereocenters. The first-order valence-corrected chi connectivity index (χ1v) is 12.8. The zero-order chi connectivity index (χ0) is 20.3. The van der Waals surface area contributed by atoms with Gasteiger partial charge in [-0.3, -0.25) is 0 Å².